The fourth-order valence-corrected chi connectivity index (χ4v) is 3.59. The van der Waals surface area contributed by atoms with E-state index in [1.807, 2.05) is 18.2 Å². The molecule has 3 aromatic carbocycles. The number of ketones is 1. The molecule has 0 amide bonds. The Bertz CT molecular complexity index is 1180. The molecule has 0 atom stereocenters. The highest BCUT2D eigenvalue weighted by atomic mass is 19.1. The van der Waals surface area contributed by atoms with E-state index in [0.717, 1.165) is 22.3 Å². The molecule has 0 saturated carbocycles. The molecule has 4 rings (SSSR count). The maximum atomic E-state index is 13.3. The number of halogens is 3. The lowest BCUT2D eigenvalue weighted by atomic mass is 9.85. The number of hydrogen-bond donors (Lipinski definition) is 0. The minimum Gasteiger partial charge on any atom is -0.289 e. The lowest BCUT2D eigenvalue weighted by molar-refractivity contribution is 0.103. The number of allylic oxidation sites excluding steroid dienone is 4. The fraction of sp³-hybridized carbons (Fsp3) is 0.0741. The first-order chi connectivity index (χ1) is 15.0. The van der Waals surface area contributed by atoms with Gasteiger partial charge in [0.2, 0.25) is 0 Å². The predicted molar refractivity (Wildman–Crippen MR) is 117 cm³/mol. The smallest absolute Gasteiger partial charge is 0.189 e. The maximum absolute atomic E-state index is 13.3. The third-order valence-corrected chi connectivity index (χ3v) is 5.07. The molecule has 0 saturated heterocycles. The Balaban J connectivity index is 1.71. The van der Waals surface area contributed by atoms with Gasteiger partial charge in [-0.3, -0.25) is 4.79 Å². The highest BCUT2D eigenvalue weighted by Crippen LogP contribution is 2.32. The lowest BCUT2D eigenvalue weighted by Gasteiger charge is -2.19. The van der Waals surface area contributed by atoms with E-state index in [4.69, 9.17) is 0 Å². The molecule has 154 valence electrons. The van der Waals surface area contributed by atoms with Crippen LogP contribution in [0.4, 0.5) is 13.2 Å². The van der Waals surface area contributed by atoms with Gasteiger partial charge < -0.3 is 0 Å². The van der Waals surface area contributed by atoms with Crippen LogP contribution < -0.4 is 0 Å². The van der Waals surface area contributed by atoms with E-state index in [-0.39, 0.29) is 17.4 Å². The maximum Gasteiger partial charge on any atom is 0.189 e. The van der Waals surface area contributed by atoms with E-state index >= 15 is 0 Å². The van der Waals surface area contributed by atoms with Crippen molar-refractivity contribution in [3.8, 4) is 0 Å². The van der Waals surface area contributed by atoms with Crippen molar-refractivity contribution in [3.05, 3.63) is 130 Å². The third kappa shape index (κ3) is 5.28. The van der Waals surface area contributed by atoms with E-state index in [2.05, 4.69) is 0 Å². The zero-order valence-electron chi connectivity index (χ0n) is 16.6. The van der Waals surface area contributed by atoms with Gasteiger partial charge in [0.1, 0.15) is 17.5 Å². The molecule has 1 aliphatic rings. The third-order valence-electron chi connectivity index (χ3n) is 5.07. The van der Waals surface area contributed by atoms with Crippen LogP contribution in [0.3, 0.4) is 0 Å². The molecule has 0 aliphatic heterocycles. The second kappa shape index (κ2) is 9.00. The molecule has 0 N–H and O–H groups in total. The van der Waals surface area contributed by atoms with Gasteiger partial charge in [-0.2, -0.15) is 0 Å². The van der Waals surface area contributed by atoms with Gasteiger partial charge in [0, 0.05) is 11.1 Å². The van der Waals surface area contributed by atoms with Crippen molar-refractivity contribution < 1.29 is 18.0 Å². The summed E-state index contributed by atoms with van der Waals surface area (Å²) in [5, 5.41) is 0. The Hall–Kier alpha value is -3.66. The Morgan fingerprint density at radius 3 is 1.68 bits per heavy atom. The number of benzene rings is 3. The number of rotatable bonds is 4. The standard InChI is InChI=1S/C27H19F3O/c28-24-7-1-18(2-8-24)13-20-15-21(14-19-3-9-25(29)10-4-19)17-23(16-20)27(31)22-5-11-26(30)12-6-22/h1-14,16H,15,17H2. The van der Waals surface area contributed by atoms with Gasteiger partial charge in [-0.25, -0.2) is 13.2 Å². The van der Waals surface area contributed by atoms with E-state index in [9.17, 15) is 18.0 Å². The molecule has 4 heteroatoms. The van der Waals surface area contributed by atoms with E-state index in [1.165, 1.54) is 48.5 Å². The molecule has 0 bridgehead atoms. The van der Waals surface area contributed by atoms with Crippen LogP contribution >= 0.6 is 0 Å². The molecule has 0 unspecified atom stereocenters. The fourth-order valence-electron chi connectivity index (χ4n) is 3.59. The first-order valence-corrected chi connectivity index (χ1v) is 9.88. The highest BCUT2D eigenvalue weighted by Gasteiger charge is 2.19. The molecule has 1 aliphatic carbocycles. The van der Waals surface area contributed by atoms with E-state index < -0.39 is 5.82 Å². The van der Waals surface area contributed by atoms with Crippen molar-refractivity contribution in [1.29, 1.82) is 0 Å². The van der Waals surface area contributed by atoms with Gasteiger partial charge in [-0.1, -0.05) is 48.1 Å². The Kier molecular flexibility index (Phi) is 5.99. The predicted octanol–water partition coefficient (Wildman–Crippen LogP) is 7.17. The molecular formula is C27H19F3O. The minimum atomic E-state index is -0.400. The van der Waals surface area contributed by atoms with Crippen LogP contribution in [0, 0.1) is 17.5 Å². The summed E-state index contributed by atoms with van der Waals surface area (Å²) in [6.07, 6.45) is 6.75. The number of carbonyl (C=O) groups excluding carboxylic acids is 1. The largest absolute Gasteiger partial charge is 0.289 e. The first-order valence-electron chi connectivity index (χ1n) is 9.88. The van der Waals surface area contributed by atoms with E-state index in [0.29, 0.717) is 24.0 Å². The number of Topliss-reactive ketones (excluding diaryl/α,β-unsaturated/α-hetero) is 1. The van der Waals surface area contributed by atoms with Gasteiger partial charge in [0.15, 0.2) is 5.78 Å². The van der Waals surface area contributed by atoms with E-state index in [1.54, 1.807) is 24.3 Å². The molecule has 3 aromatic rings. The quantitative estimate of drug-likeness (QED) is 0.412. The van der Waals surface area contributed by atoms with Gasteiger partial charge >= 0.3 is 0 Å². The summed E-state index contributed by atoms with van der Waals surface area (Å²) in [4.78, 5) is 13.1. The zero-order valence-corrected chi connectivity index (χ0v) is 16.6. The summed E-state index contributed by atoms with van der Waals surface area (Å²) in [5.41, 5.74) is 4.55. The van der Waals surface area contributed by atoms with Crippen molar-refractivity contribution in [1.82, 2.24) is 0 Å². The van der Waals surface area contributed by atoms with Gasteiger partial charge in [0.25, 0.3) is 0 Å². The summed E-state index contributed by atoms with van der Waals surface area (Å²) in [6.45, 7) is 0. The zero-order chi connectivity index (χ0) is 21.8. The van der Waals surface area contributed by atoms with Gasteiger partial charge in [0.05, 0.1) is 0 Å². The van der Waals surface area contributed by atoms with Gasteiger partial charge in [-0.05, 0) is 78.1 Å². The molecule has 0 heterocycles. The molecule has 1 nitrogen and oxygen atoms in total. The van der Waals surface area contributed by atoms with Crippen LogP contribution in [-0.2, 0) is 0 Å². The average Bonchev–Trinajstić information content (AvgIpc) is 2.77. The Labute approximate surface area is 178 Å². The minimum absolute atomic E-state index is 0.172. The summed E-state index contributed by atoms with van der Waals surface area (Å²) >= 11 is 0. The molecule has 0 fully saturated rings. The van der Waals surface area contributed by atoms with Gasteiger partial charge in [-0.15, -0.1) is 0 Å². The monoisotopic (exact) mass is 416 g/mol. The van der Waals surface area contributed by atoms with Crippen LogP contribution in [0.25, 0.3) is 12.2 Å². The summed E-state index contributed by atoms with van der Waals surface area (Å²) in [6, 6.07) is 17.8. The van der Waals surface area contributed by atoms with Crippen LogP contribution in [0.5, 0.6) is 0 Å². The number of hydrogen-bond acceptors (Lipinski definition) is 1. The summed E-state index contributed by atoms with van der Waals surface area (Å²) in [7, 11) is 0. The molecular weight excluding hydrogens is 397 g/mol. The van der Waals surface area contributed by atoms with Crippen molar-refractivity contribution in [2.24, 2.45) is 0 Å². The van der Waals surface area contributed by atoms with Crippen LogP contribution in [0.2, 0.25) is 0 Å². The van der Waals surface area contributed by atoms with Crippen molar-refractivity contribution in [2.45, 2.75) is 12.8 Å². The Morgan fingerprint density at radius 1 is 0.645 bits per heavy atom. The van der Waals surface area contributed by atoms with Crippen LogP contribution in [0.15, 0.2) is 95.6 Å². The SMILES string of the molecule is O=C(C1=CC(=Cc2ccc(F)cc2)CC(=Cc2ccc(F)cc2)C1)c1ccc(F)cc1. The number of carbonyl (C=O) groups is 1. The van der Waals surface area contributed by atoms with Crippen LogP contribution in [0.1, 0.15) is 34.3 Å². The average molecular weight is 416 g/mol. The highest BCUT2D eigenvalue weighted by molar-refractivity contribution is 6.09. The topological polar surface area (TPSA) is 17.1 Å². The lowest BCUT2D eigenvalue weighted by Crippen LogP contribution is -2.09. The summed E-state index contributed by atoms with van der Waals surface area (Å²) < 4.78 is 39.7. The van der Waals surface area contributed by atoms with Crippen LogP contribution in [-0.4, -0.2) is 5.78 Å². The molecule has 0 radical (unpaired) electrons. The molecule has 0 aromatic heterocycles. The van der Waals surface area contributed by atoms with Crippen molar-refractivity contribution >= 4 is 17.9 Å². The second-order valence-corrected chi connectivity index (χ2v) is 7.48. The second-order valence-electron chi connectivity index (χ2n) is 7.48. The first kappa shape index (κ1) is 20.6. The van der Waals surface area contributed by atoms with Crippen molar-refractivity contribution in [2.75, 3.05) is 0 Å². The summed E-state index contributed by atoms with van der Waals surface area (Å²) in [5.74, 6) is -1.20. The van der Waals surface area contributed by atoms with Crippen molar-refractivity contribution in [3.63, 3.8) is 0 Å². The molecule has 31 heavy (non-hydrogen) atoms. The molecule has 0 spiro atoms. The Morgan fingerprint density at radius 2 is 1.13 bits per heavy atom. The normalized spacial score (nSPS) is 16.4.